The summed E-state index contributed by atoms with van der Waals surface area (Å²) >= 11 is 0. The lowest BCUT2D eigenvalue weighted by molar-refractivity contribution is 0.432. The quantitative estimate of drug-likeness (QED) is 0.450. The van der Waals surface area contributed by atoms with Gasteiger partial charge in [-0.3, -0.25) is 11.3 Å². The zero-order chi connectivity index (χ0) is 7.40. The highest BCUT2D eigenvalue weighted by molar-refractivity contribution is 4.84. The molecular formula is C8H18N2. The molecule has 0 aromatic rings. The molecule has 0 saturated heterocycles. The molecule has 10 heavy (non-hydrogen) atoms. The molecule has 1 fully saturated rings. The predicted octanol–water partition coefficient (Wildman–Crippen LogP) is 1.42. The number of hydrazine groups is 1. The maximum atomic E-state index is 5.40. The van der Waals surface area contributed by atoms with Crippen molar-refractivity contribution in [2.45, 2.75) is 45.1 Å². The third-order valence-electron chi connectivity index (χ3n) is 2.27. The van der Waals surface area contributed by atoms with Gasteiger partial charge in [0.05, 0.1) is 0 Å². The average molecular weight is 142 g/mol. The van der Waals surface area contributed by atoms with Crippen molar-refractivity contribution in [1.29, 1.82) is 0 Å². The second-order valence-corrected chi connectivity index (χ2v) is 3.25. The van der Waals surface area contributed by atoms with E-state index in [-0.39, 0.29) is 0 Å². The molecule has 0 bridgehead atoms. The van der Waals surface area contributed by atoms with Crippen molar-refractivity contribution in [3.05, 3.63) is 0 Å². The number of nitrogens with two attached hydrogens (primary N) is 1. The Kier molecular flexibility index (Phi) is 3.16. The summed E-state index contributed by atoms with van der Waals surface area (Å²) in [4.78, 5) is 0. The molecule has 0 spiro atoms. The Morgan fingerprint density at radius 2 is 2.30 bits per heavy atom. The Bertz CT molecular complexity index is 89.3. The van der Waals surface area contributed by atoms with Crippen molar-refractivity contribution in [3.63, 3.8) is 0 Å². The molecule has 0 aliphatic heterocycles. The van der Waals surface area contributed by atoms with Gasteiger partial charge >= 0.3 is 0 Å². The highest BCUT2D eigenvalue weighted by atomic mass is 15.2. The van der Waals surface area contributed by atoms with Crippen molar-refractivity contribution < 1.29 is 0 Å². The first-order valence-electron chi connectivity index (χ1n) is 4.34. The van der Waals surface area contributed by atoms with E-state index in [2.05, 4.69) is 12.3 Å². The molecule has 2 heteroatoms. The second-order valence-electron chi connectivity index (χ2n) is 3.25. The minimum Gasteiger partial charge on any atom is -0.271 e. The smallest absolute Gasteiger partial charge is 0.0238 e. The molecule has 1 atom stereocenters. The lowest BCUT2D eigenvalue weighted by atomic mass is 10.1. The SMILES string of the molecule is CCCCC(NN)C1CC1. The van der Waals surface area contributed by atoms with Crippen molar-refractivity contribution in [2.75, 3.05) is 0 Å². The second kappa shape index (κ2) is 3.94. The first-order valence-corrected chi connectivity index (χ1v) is 4.34. The zero-order valence-electron chi connectivity index (χ0n) is 6.77. The molecular weight excluding hydrogens is 124 g/mol. The Hall–Kier alpha value is -0.0800. The fourth-order valence-electron chi connectivity index (χ4n) is 1.38. The van der Waals surface area contributed by atoms with Crippen molar-refractivity contribution in [1.82, 2.24) is 5.43 Å². The Labute approximate surface area is 63.1 Å². The molecule has 0 amide bonds. The summed E-state index contributed by atoms with van der Waals surface area (Å²) < 4.78 is 0. The summed E-state index contributed by atoms with van der Waals surface area (Å²) in [6, 6.07) is 0.611. The third kappa shape index (κ3) is 2.27. The summed E-state index contributed by atoms with van der Waals surface area (Å²) in [5.41, 5.74) is 2.90. The van der Waals surface area contributed by atoms with Crippen LogP contribution in [-0.4, -0.2) is 6.04 Å². The van der Waals surface area contributed by atoms with Crippen LogP contribution in [-0.2, 0) is 0 Å². The summed E-state index contributed by atoms with van der Waals surface area (Å²) in [5.74, 6) is 6.30. The number of rotatable bonds is 5. The number of hydrogen-bond donors (Lipinski definition) is 2. The Morgan fingerprint density at radius 1 is 1.60 bits per heavy atom. The van der Waals surface area contributed by atoms with E-state index in [9.17, 15) is 0 Å². The molecule has 1 unspecified atom stereocenters. The van der Waals surface area contributed by atoms with Gasteiger partial charge in [0.1, 0.15) is 0 Å². The van der Waals surface area contributed by atoms with E-state index in [4.69, 9.17) is 5.84 Å². The van der Waals surface area contributed by atoms with E-state index < -0.39 is 0 Å². The fourth-order valence-corrected chi connectivity index (χ4v) is 1.38. The van der Waals surface area contributed by atoms with Crippen LogP contribution in [0.25, 0.3) is 0 Å². The van der Waals surface area contributed by atoms with Crippen LogP contribution >= 0.6 is 0 Å². The number of nitrogens with one attached hydrogen (secondary N) is 1. The Balaban J connectivity index is 2.07. The minimum absolute atomic E-state index is 0.611. The van der Waals surface area contributed by atoms with Gasteiger partial charge in [-0.2, -0.15) is 0 Å². The molecule has 2 nitrogen and oxygen atoms in total. The topological polar surface area (TPSA) is 38.0 Å². The first-order chi connectivity index (χ1) is 4.88. The minimum atomic E-state index is 0.611. The highest BCUT2D eigenvalue weighted by Gasteiger charge is 2.29. The zero-order valence-corrected chi connectivity index (χ0v) is 6.77. The van der Waals surface area contributed by atoms with E-state index in [1.54, 1.807) is 0 Å². The largest absolute Gasteiger partial charge is 0.271 e. The van der Waals surface area contributed by atoms with Crippen LogP contribution in [0.1, 0.15) is 39.0 Å². The van der Waals surface area contributed by atoms with Gasteiger partial charge in [-0.05, 0) is 25.2 Å². The monoisotopic (exact) mass is 142 g/mol. The highest BCUT2D eigenvalue weighted by Crippen LogP contribution is 2.34. The Morgan fingerprint density at radius 3 is 2.70 bits per heavy atom. The first kappa shape index (κ1) is 8.02. The van der Waals surface area contributed by atoms with E-state index in [1.807, 2.05) is 0 Å². The molecule has 60 valence electrons. The molecule has 1 aliphatic rings. The third-order valence-corrected chi connectivity index (χ3v) is 2.27. The van der Waals surface area contributed by atoms with Gasteiger partial charge in [0.2, 0.25) is 0 Å². The number of unbranched alkanes of at least 4 members (excludes halogenated alkanes) is 1. The van der Waals surface area contributed by atoms with Crippen LogP contribution in [0.4, 0.5) is 0 Å². The fraction of sp³-hybridized carbons (Fsp3) is 1.00. The molecule has 1 aliphatic carbocycles. The van der Waals surface area contributed by atoms with Crippen LogP contribution < -0.4 is 11.3 Å². The van der Waals surface area contributed by atoms with Crippen molar-refractivity contribution >= 4 is 0 Å². The standard InChI is InChI=1S/C8H18N2/c1-2-3-4-8(10-9)7-5-6-7/h7-8,10H,2-6,9H2,1H3. The number of hydrogen-bond acceptors (Lipinski definition) is 2. The van der Waals surface area contributed by atoms with Crippen molar-refractivity contribution in [2.24, 2.45) is 11.8 Å². The van der Waals surface area contributed by atoms with Crippen LogP contribution in [0.2, 0.25) is 0 Å². The molecule has 0 heterocycles. The van der Waals surface area contributed by atoms with Crippen LogP contribution in [0, 0.1) is 5.92 Å². The average Bonchev–Trinajstić information content (AvgIpc) is 2.73. The maximum Gasteiger partial charge on any atom is 0.0238 e. The van der Waals surface area contributed by atoms with Crippen LogP contribution in [0.3, 0.4) is 0 Å². The predicted molar refractivity (Wildman–Crippen MR) is 43.4 cm³/mol. The lowest BCUT2D eigenvalue weighted by Crippen LogP contribution is -2.36. The van der Waals surface area contributed by atoms with Crippen molar-refractivity contribution in [3.8, 4) is 0 Å². The molecule has 0 aromatic heterocycles. The van der Waals surface area contributed by atoms with E-state index >= 15 is 0 Å². The van der Waals surface area contributed by atoms with Gasteiger partial charge in [0, 0.05) is 6.04 Å². The molecule has 0 radical (unpaired) electrons. The molecule has 1 saturated carbocycles. The van der Waals surface area contributed by atoms with Crippen LogP contribution in [0.5, 0.6) is 0 Å². The summed E-state index contributed by atoms with van der Waals surface area (Å²) in [5, 5.41) is 0. The van der Waals surface area contributed by atoms with Gasteiger partial charge in [-0.15, -0.1) is 0 Å². The normalized spacial score (nSPS) is 21.0. The van der Waals surface area contributed by atoms with Crippen LogP contribution in [0.15, 0.2) is 0 Å². The summed E-state index contributed by atoms with van der Waals surface area (Å²) in [6.07, 6.45) is 6.63. The summed E-state index contributed by atoms with van der Waals surface area (Å²) in [6.45, 7) is 2.22. The van der Waals surface area contributed by atoms with Gasteiger partial charge < -0.3 is 0 Å². The van der Waals surface area contributed by atoms with E-state index in [1.165, 1.54) is 32.1 Å². The summed E-state index contributed by atoms with van der Waals surface area (Å²) in [7, 11) is 0. The van der Waals surface area contributed by atoms with E-state index in [0.29, 0.717) is 6.04 Å². The van der Waals surface area contributed by atoms with Gasteiger partial charge in [-0.25, -0.2) is 0 Å². The van der Waals surface area contributed by atoms with Gasteiger partial charge in [0.15, 0.2) is 0 Å². The molecule has 3 N–H and O–H groups in total. The van der Waals surface area contributed by atoms with E-state index in [0.717, 1.165) is 5.92 Å². The molecule has 1 rings (SSSR count). The molecule has 0 aromatic carbocycles. The van der Waals surface area contributed by atoms with Gasteiger partial charge in [0.25, 0.3) is 0 Å². The lowest BCUT2D eigenvalue weighted by Gasteiger charge is -2.13. The van der Waals surface area contributed by atoms with Gasteiger partial charge in [-0.1, -0.05) is 19.8 Å². The maximum absolute atomic E-state index is 5.40.